The predicted molar refractivity (Wildman–Crippen MR) is 110 cm³/mol. The normalized spacial score (nSPS) is 15.5. The summed E-state index contributed by atoms with van der Waals surface area (Å²) in [6.07, 6.45) is 0.281. The van der Waals surface area contributed by atoms with E-state index in [1.807, 2.05) is 0 Å². The maximum absolute atomic E-state index is 12.6. The minimum absolute atomic E-state index is 0.281. The molecular weight excluding hydrogens is 437 g/mol. The Morgan fingerprint density at radius 1 is 1.20 bits per heavy atom. The van der Waals surface area contributed by atoms with E-state index in [0.717, 1.165) is 5.01 Å². The SMILES string of the molecule is COc1ccc(C2=NN(C(=O)CO[N+](=O)[O-])C(c3c(Cl)cccc3Cl)C2)cc1OC. The molecule has 0 N–H and O–H groups in total. The predicted octanol–water partition coefficient (Wildman–Crippen LogP) is 3.90. The second-order valence-corrected chi connectivity index (χ2v) is 7.02. The van der Waals surface area contributed by atoms with Crippen LogP contribution in [-0.2, 0) is 9.63 Å². The number of nitrogens with zero attached hydrogens (tertiary/aromatic N) is 3. The number of hydrogen-bond acceptors (Lipinski definition) is 7. The van der Waals surface area contributed by atoms with Crippen LogP contribution in [0.1, 0.15) is 23.6 Å². The Hall–Kier alpha value is -3.04. The van der Waals surface area contributed by atoms with Crippen molar-refractivity contribution in [3.63, 3.8) is 0 Å². The van der Waals surface area contributed by atoms with E-state index < -0.39 is 23.6 Å². The number of carbonyl (C=O) groups excluding carboxylic acids is 1. The van der Waals surface area contributed by atoms with Crippen molar-refractivity contribution in [1.82, 2.24) is 5.01 Å². The summed E-state index contributed by atoms with van der Waals surface area (Å²) in [6.45, 7) is -0.783. The summed E-state index contributed by atoms with van der Waals surface area (Å²) in [7, 11) is 3.03. The zero-order chi connectivity index (χ0) is 21.8. The average molecular weight is 454 g/mol. The van der Waals surface area contributed by atoms with Gasteiger partial charge in [0.1, 0.15) is 0 Å². The van der Waals surface area contributed by atoms with Gasteiger partial charge in [-0.2, -0.15) is 5.10 Å². The van der Waals surface area contributed by atoms with Gasteiger partial charge in [0.2, 0.25) is 0 Å². The highest BCUT2D eigenvalue weighted by Crippen LogP contribution is 2.40. The molecule has 9 nitrogen and oxygen atoms in total. The van der Waals surface area contributed by atoms with Crippen molar-refractivity contribution in [2.45, 2.75) is 12.5 Å². The third kappa shape index (κ3) is 4.42. The first-order chi connectivity index (χ1) is 14.3. The molecule has 0 bridgehead atoms. The van der Waals surface area contributed by atoms with Crippen LogP contribution in [0.2, 0.25) is 10.0 Å². The van der Waals surface area contributed by atoms with Crippen molar-refractivity contribution in [1.29, 1.82) is 0 Å². The van der Waals surface area contributed by atoms with Crippen LogP contribution in [0.15, 0.2) is 41.5 Å². The van der Waals surface area contributed by atoms with Gasteiger partial charge in [0.25, 0.3) is 11.0 Å². The monoisotopic (exact) mass is 453 g/mol. The van der Waals surface area contributed by atoms with Crippen molar-refractivity contribution >= 4 is 34.8 Å². The molecule has 3 rings (SSSR count). The number of methoxy groups -OCH3 is 2. The van der Waals surface area contributed by atoms with Crippen molar-refractivity contribution < 1.29 is 24.2 Å². The smallest absolute Gasteiger partial charge is 0.295 e. The van der Waals surface area contributed by atoms with Crippen LogP contribution in [0.25, 0.3) is 0 Å². The number of hydrogen-bond donors (Lipinski definition) is 0. The molecule has 0 saturated carbocycles. The highest BCUT2D eigenvalue weighted by molar-refractivity contribution is 6.36. The molecule has 2 aromatic rings. The van der Waals surface area contributed by atoms with Gasteiger partial charge in [-0.15, -0.1) is 10.1 Å². The molecule has 0 aliphatic carbocycles. The van der Waals surface area contributed by atoms with E-state index in [9.17, 15) is 14.9 Å². The quantitative estimate of drug-likeness (QED) is 0.465. The minimum atomic E-state index is -1.04. The van der Waals surface area contributed by atoms with Gasteiger partial charge in [-0.25, -0.2) is 5.01 Å². The highest BCUT2D eigenvalue weighted by Gasteiger charge is 2.36. The third-order valence-electron chi connectivity index (χ3n) is 4.51. The molecule has 0 spiro atoms. The topological polar surface area (TPSA) is 104 Å². The van der Waals surface area contributed by atoms with Gasteiger partial charge in [-0.3, -0.25) is 4.79 Å². The Bertz CT molecular complexity index is 994. The van der Waals surface area contributed by atoms with Gasteiger partial charge in [0, 0.05) is 27.6 Å². The van der Waals surface area contributed by atoms with Crippen molar-refractivity contribution in [3.8, 4) is 11.5 Å². The van der Waals surface area contributed by atoms with Gasteiger partial charge >= 0.3 is 0 Å². The van der Waals surface area contributed by atoms with Gasteiger partial charge in [-0.1, -0.05) is 29.3 Å². The highest BCUT2D eigenvalue weighted by atomic mass is 35.5. The van der Waals surface area contributed by atoms with Crippen LogP contribution in [-0.4, -0.2) is 42.5 Å². The Morgan fingerprint density at radius 3 is 2.47 bits per heavy atom. The van der Waals surface area contributed by atoms with E-state index in [2.05, 4.69) is 9.94 Å². The molecule has 30 heavy (non-hydrogen) atoms. The molecule has 1 unspecified atom stereocenters. The van der Waals surface area contributed by atoms with Crippen LogP contribution in [0, 0.1) is 10.1 Å². The number of carbonyl (C=O) groups is 1. The van der Waals surface area contributed by atoms with Crippen molar-refractivity contribution in [2.75, 3.05) is 20.8 Å². The molecule has 1 amide bonds. The Kier molecular flexibility index (Phi) is 6.63. The van der Waals surface area contributed by atoms with Gasteiger partial charge in [-0.05, 0) is 30.3 Å². The van der Waals surface area contributed by atoms with Crippen LogP contribution in [0.5, 0.6) is 11.5 Å². The fourth-order valence-corrected chi connectivity index (χ4v) is 3.81. The standard InChI is InChI=1S/C19H17Cl2N3O6/c1-28-16-7-6-11(8-17(16)29-2)14-9-15(19-12(20)4-3-5-13(19)21)23(22-14)18(25)10-30-24(26)27/h3-8,15H,9-10H2,1-2H3. The lowest BCUT2D eigenvalue weighted by atomic mass is 9.98. The molecule has 1 heterocycles. The summed E-state index contributed by atoms with van der Waals surface area (Å²) in [5.41, 5.74) is 1.73. The van der Waals surface area contributed by atoms with E-state index in [4.69, 9.17) is 32.7 Å². The molecule has 1 aliphatic heterocycles. The summed E-state index contributed by atoms with van der Waals surface area (Å²) in [5, 5.41) is 15.7. The first kappa shape index (κ1) is 21.7. The minimum Gasteiger partial charge on any atom is -0.493 e. The third-order valence-corrected chi connectivity index (χ3v) is 5.17. The maximum Gasteiger partial charge on any atom is 0.295 e. The van der Waals surface area contributed by atoms with E-state index in [0.29, 0.717) is 38.4 Å². The lowest BCUT2D eigenvalue weighted by molar-refractivity contribution is -0.754. The largest absolute Gasteiger partial charge is 0.493 e. The molecule has 0 radical (unpaired) electrons. The molecule has 0 aromatic heterocycles. The lowest BCUT2D eigenvalue weighted by Crippen LogP contribution is -2.31. The van der Waals surface area contributed by atoms with E-state index in [-0.39, 0.29) is 6.42 Å². The molecular formula is C19H17Cl2N3O6. The summed E-state index contributed by atoms with van der Waals surface area (Å²) in [6, 6.07) is 9.53. The first-order valence-corrected chi connectivity index (χ1v) is 9.44. The van der Waals surface area contributed by atoms with Crippen LogP contribution >= 0.6 is 23.2 Å². The fraction of sp³-hybridized carbons (Fsp3) is 0.263. The summed E-state index contributed by atoms with van der Waals surface area (Å²) in [5.74, 6) is 0.326. The van der Waals surface area contributed by atoms with Crippen LogP contribution in [0.4, 0.5) is 0 Å². The number of hydrazone groups is 1. The second kappa shape index (κ2) is 9.19. The first-order valence-electron chi connectivity index (χ1n) is 8.68. The van der Waals surface area contributed by atoms with E-state index in [1.165, 1.54) is 14.2 Å². The maximum atomic E-state index is 12.6. The molecule has 2 aromatic carbocycles. The number of halogens is 2. The van der Waals surface area contributed by atoms with E-state index >= 15 is 0 Å². The van der Waals surface area contributed by atoms with Gasteiger partial charge in [0.15, 0.2) is 18.1 Å². The second-order valence-electron chi connectivity index (χ2n) is 6.21. The Balaban J connectivity index is 2.01. The Labute approximate surface area is 181 Å². The zero-order valence-electron chi connectivity index (χ0n) is 16.0. The summed E-state index contributed by atoms with van der Waals surface area (Å²) in [4.78, 5) is 27.3. The number of rotatable bonds is 7. The molecule has 1 atom stereocenters. The van der Waals surface area contributed by atoms with Gasteiger partial charge < -0.3 is 14.3 Å². The average Bonchev–Trinajstić information content (AvgIpc) is 3.16. The van der Waals surface area contributed by atoms with Gasteiger partial charge in [0.05, 0.1) is 26.0 Å². The summed E-state index contributed by atoms with van der Waals surface area (Å²) < 4.78 is 10.6. The molecule has 158 valence electrons. The zero-order valence-corrected chi connectivity index (χ0v) is 17.5. The molecule has 0 saturated heterocycles. The number of amides is 1. The van der Waals surface area contributed by atoms with Crippen molar-refractivity contribution in [2.24, 2.45) is 5.10 Å². The fourth-order valence-electron chi connectivity index (χ4n) is 3.16. The van der Waals surface area contributed by atoms with Crippen LogP contribution in [0.3, 0.4) is 0 Å². The van der Waals surface area contributed by atoms with E-state index in [1.54, 1.807) is 36.4 Å². The molecule has 1 aliphatic rings. The van der Waals surface area contributed by atoms with Crippen molar-refractivity contribution in [3.05, 3.63) is 67.7 Å². The molecule has 0 fully saturated rings. The molecule has 11 heteroatoms. The Morgan fingerprint density at radius 2 is 1.87 bits per heavy atom. The number of ether oxygens (including phenoxy) is 2. The number of benzene rings is 2. The summed E-state index contributed by atoms with van der Waals surface area (Å²) >= 11 is 12.7. The lowest BCUT2D eigenvalue weighted by Gasteiger charge is -2.23. The van der Waals surface area contributed by atoms with Crippen LogP contribution < -0.4 is 9.47 Å².